The van der Waals surface area contributed by atoms with E-state index in [1.165, 1.54) is 24.5 Å². The Hall–Kier alpha value is -3.00. The summed E-state index contributed by atoms with van der Waals surface area (Å²) in [5.41, 5.74) is 1.82. The maximum absolute atomic E-state index is 12.6. The fourth-order valence-corrected chi connectivity index (χ4v) is 4.55. The van der Waals surface area contributed by atoms with E-state index < -0.39 is 10.8 Å². The van der Waals surface area contributed by atoms with E-state index in [4.69, 9.17) is 4.74 Å². The summed E-state index contributed by atoms with van der Waals surface area (Å²) in [5.74, 6) is 2.04. The van der Waals surface area contributed by atoms with Crippen LogP contribution in [0.3, 0.4) is 0 Å². The van der Waals surface area contributed by atoms with Crippen LogP contribution in [0.25, 0.3) is 5.69 Å². The van der Waals surface area contributed by atoms with Gasteiger partial charge in [0.25, 0.3) is 5.56 Å². The smallest absolute Gasteiger partial charge is 0.258 e. The largest absolute Gasteiger partial charge is 0.490 e. The molecule has 3 heterocycles. The van der Waals surface area contributed by atoms with Gasteiger partial charge >= 0.3 is 0 Å². The van der Waals surface area contributed by atoms with Crippen molar-refractivity contribution < 1.29 is 8.95 Å². The molecule has 8 heteroatoms. The molecule has 0 radical (unpaired) electrons. The number of ether oxygens (including phenoxy) is 1. The van der Waals surface area contributed by atoms with E-state index in [0.29, 0.717) is 11.7 Å². The zero-order valence-corrected chi connectivity index (χ0v) is 18.8. The molecule has 2 aromatic heterocycles. The van der Waals surface area contributed by atoms with Crippen LogP contribution in [0.5, 0.6) is 5.75 Å². The summed E-state index contributed by atoms with van der Waals surface area (Å²) in [6.45, 7) is 1.66. The molecule has 0 spiro atoms. The van der Waals surface area contributed by atoms with Crippen molar-refractivity contribution in [1.82, 2.24) is 14.5 Å². The summed E-state index contributed by atoms with van der Waals surface area (Å²) in [6, 6.07) is 10.5. The quantitative estimate of drug-likeness (QED) is 0.574. The molecule has 3 aromatic rings. The normalized spacial score (nSPS) is 17.8. The number of piperidine rings is 1. The van der Waals surface area contributed by atoms with Gasteiger partial charge in [-0.05, 0) is 54.7 Å². The minimum Gasteiger partial charge on any atom is -0.490 e. The van der Waals surface area contributed by atoms with E-state index in [9.17, 15) is 9.00 Å². The molecule has 7 nitrogen and oxygen atoms in total. The Morgan fingerprint density at radius 3 is 2.28 bits per heavy atom. The monoisotopic (exact) mass is 450 g/mol. The van der Waals surface area contributed by atoms with Gasteiger partial charge in [-0.2, -0.15) is 0 Å². The van der Waals surface area contributed by atoms with Crippen LogP contribution in [0.15, 0.2) is 64.7 Å². The van der Waals surface area contributed by atoms with E-state index in [1.807, 2.05) is 18.5 Å². The van der Waals surface area contributed by atoms with Gasteiger partial charge in [-0.1, -0.05) is 0 Å². The van der Waals surface area contributed by atoms with E-state index in [-0.39, 0.29) is 11.7 Å². The summed E-state index contributed by atoms with van der Waals surface area (Å²) in [7, 11) is -1.04. The van der Waals surface area contributed by atoms with Crippen LogP contribution in [0.2, 0.25) is 0 Å². The molecule has 5 rings (SSSR count). The van der Waals surface area contributed by atoms with Crippen molar-refractivity contribution >= 4 is 16.7 Å². The Bertz CT molecular complexity index is 1170. The first-order valence-corrected chi connectivity index (χ1v) is 12.5. The number of benzene rings is 1. The van der Waals surface area contributed by atoms with Crippen LogP contribution in [-0.4, -0.2) is 44.2 Å². The molecule has 1 saturated heterocycles. The summed E-state index contributed by atoms with van der Waals surface area (Å²) < 4.78 is 19.2. The molecule has 0 bridgehead atoms. The van der Waals surface area contributed by atoms with Crippen molar-refractivity contribution in [1.29, 1.82) is 0 Å². The Balaban J connectivity index is 1.19. The second kappa shape index (κ2) is 8.86. The van der Waals surface area contributed by atoms with Crippen LogP contribution in [0, 0.1) is 0 Å². The highest BCUT2D eigenvalue weighted by atomic mass is 32.2. The molecular formula is C24H26N4O3S. The molecular weight excluding hydrogens is 424 g/mol. The first-order valence-electron chi connectivity index (χ1n) is 11.0. The second-order valence-corrected chi connectivity index (χ2v) is 9.79. The number of hydrogen-bond acceptors (Lipinski definition) is 6. The highest BCUT2D eigenvalue weighted by Gasteiger charge is 2.26. The maximum atomic E-state index is 12.6. The van der Waals surface area contributed by atoms with Gasteiger partial charge < -0.3 is 9.64 Å². The lowest BCUT2D eigenvalue weighted by molar-refractivity contribution is 0.170. The lowest BCUT2D eigenvalue weighted by Crippen LogP contribution is -2.39. The number of anilines is 1. The molecule has 166 valence electrons. The predicted octanol–water partition coefficient (Wildman–Crippen LogP) is 3.29. The molecule has 2 aliphatic rings. The van der Waals surface area contributed by atoms with Gasteiger partial charge in [0.05, 0.1) is 0 Å². The zero-order chi connectivity index (χ0) is 22.1. The third kappa shape index (κ3) is 4.60. The third-order valence-electron chi connectivity index (χ3n) is 6.07. The van der Waals surface area contributed by atoms with Gasteiger partial charge in [0.2, 0.25) is 5.95 Å². The van der Waals surface area contributed by atoms with Gasteiger partial charge in [-0.3, -0.25) is 13.6 Å². The fourth-order valence-electron chi connectivity index (χ4n) is 4.03. The minimum absolute atomic E-state index is 0.0612. The first-order chi connectivity index (χ1) is 15.6. The Labute approximate surface area is 189 Å². The number of nitrogens with zero attached hydrogens (tertiary/aromatic N) is 4. The summed E-state index contributed by atoms with van der Waals surface area (Å²) in [6.07, 6.45) is 11.6. The van der Waals surface area contributed by atoms with Crippen LogP contribution in [0.1, 0.15) is 37.2 Å². The third-order valence-corrected chi connectivity index (χ3v) is 7.01. The number of hydrogen-bond donors (Lipinski definition) is 0. The number of rotatable bonds is 6. The molecule has 0 amide bonds. The topological polar surface area (TPSA) is 77.3 Å². The summed E-state index contributed by atoms with van der Waals surface area (Å²) in [5, 5.41) is 0. The molecule has 1 saturated carbocycles. The van der Waals surface area contributed by atoms with E-state index in [0.717, 1.165) is 42.5 Å². The Kier molecular flexibility index (Phi) is 5.78. The van der Waals surface area contributed by atoms with Crippen molar-refractivity contribution in [3.63, 3.8) is 0 Å². The molecule has 0 N–H and O–H groups in total. The summed E-state index contributed by atoms with van der Waals surface area (Å²) in [4.78, 5) is 24.6. The molecule has 32 heavy (non-hydrogen) atoms. The Morgan fingerprint density at radius 1 is 1.00 bits per heavy atom. The lowest BCUT2D eigenvalue weighted by atomic mass is 10.1. The minimum atomic E-state index is -1.04. The fraction of sp³-hybridized carbons (Fsp3) is 0.375. The van der Waals surface area contributed by atoms with Crippen LogP contribution in [0.4, 0.5) is 5.95 Å². The molecule has 2 fully saturated rings. The van der Waals surface area contributed by atoms with Gasteiger partial charge in [-0.25, -0.2) is 9.97 Å². The maximum Gasteiger partial charge on any atom is 0.258 e. The van der Waals surface area contributed by atoms with Crippen molar-refractivity contribution in [2.75, 3.05) is 24.2 Å². The van der Waals surface area contributed by atoms with Gasteiger partial charge in [0.1, 0.15) is 11.9 Å². The molecule has 1 aromatic carbocycles. The van der Waals surface area contributed by atoms with Crippen LogP contribution >= 0.6 is 0 Å². The molecule has 1 aliphatic heterocycles. The van der Waals surface area contributed by atoms with Crippen molar-refractivity contribution in [3.05, 3.63) is 70.9 Å². The lowest BCUT2D eigenvalue weighted by Gasteiger charge is -2.32. The van der Waals surface area contributed by atoms with Crippen LogP contribution in [-0.2, 0) is 10.8 Å². The molecule has 1 atom stereocenters. The van der Waals surface area contributed by atoms with Gasteiger partial charge in [0.15, 0.2) is 0 Å². The molecule has 1 aliphatic carbocycles. The van der Waals surface area contributed by atoms with Crippen LogP contribution < -0.4 is 15.2 Å². The Morgan fingerprint density at radius 2 is 1.69 bits per heavy atom. The van der Waals surface area contributed by atoms with Crippen molar-refractivity contribution in [3.8, 4) is 11.4 Å². The van der Waals surface area contributed by atoms with E-state index in [1.54, 1.807) is 41.3 Å². The number of pyridine rings is 1. The van der Waals surface area contributed by atoms with E-state index >= 15 is 0 Å². The van der Waals surface area contributed by atoms with Gasteiger partial charge in [-0.15, -0.1) is 0 Å². The first kappa shape index (κ1) is 20.9. The van der Waals surface area contributed by atoms with Crippen molar-refractivity contribution in [2.45, 2.75) is 42.6 Å². The van der Waals surface area contributed by atoms with Crippen molar-refractivity contribution in [2.24, 2.45) is 0 Å². The average molecular weight is 451 g/mol. The second-order valence-electron chi connectivity index (χ2n) is 8.41. The SMILES string of the molecule is CS(=O)c1ccc(-n2ccc(OC3CCN(c4ncc(C5CC5)cn4)CC3)cc2=O)cc1. The highest BCUT2D eigenvalue weighted by molar-refractivity contribution is 7.84. The van der Waals surface area contributed by atoms with E-state index in [2.05, 4.69) is 14.9 Å². The number of aromatic nitrogens is 3. The standard InChI is InChI=1S/C24H26N4O3S/c1-32(30)22-6-4-19(5-7-22)28-13-10-21(14-23(28)29)31-20-8-11-27(12-9-20)24-25-15-18(16-26-24)17-2-3-17/h4-7,10,13-17,20H,2-3,8-9,11-12H2,1H3. The predicted molar refractivity (Wildman–Crippen MR) is 124 cm³/mol. The zero-order valence-electron chi connectivity index (χ0n) is 18.0. The summed E-state index contributed by atoms with van der Waals surface area (Å²) >= 11 is 0. The highest BCUT2D eigenvalue weighted by Crippen LogP contribution is 2.39. The van der Waals surface area contributed by atoms with Gasteiger partial charge in [0, 0.05) is 78.2 Å². The molecule has 1 unspecified atom stereocenters. The average Bonchev–Trinajstić information content (AvgIpc) is 3.66.